The predicted molar refractivity (Wildman–Crippen MR) is 70.9 cm³/mol. The Labute approximate surface area is 102 Å². The molecule has 17 heavy (non-hydrogen) atoms. The lowest BCUT2D eigenvalue weighted by Gasteiger charge is -2.31. The van der Waals surface area contributed by atoms with Crippen molar-refractivity contribution in [3.8, 4) is 0 Å². The Balaban J connectivity index is 1.97. The molecule has 0 saturated carbocycles. The zero-order chi connectivity index (χ0) is 11.7. The van der Waals surface area contributed by atoms with Crippen molar-refractivity contribution in [2.24, 2.45) is 5.73 Å². The highest BCUT2D eigenvalue weighted by Crippen LogP contribution is 2.38. The van der Waals surface area contributed by atoms with Crippen molar-refractivity contribution in [1.82, 2.24) is 0 Å². The van der Waals surface area contributed by atoms with E-state index >= 15 is 0 Å². The molecule has 86 valence electrons. The van der Waals surface area contributed by atoms with E-state index in [-0.39, 0.29) is 6.04 Å². The van der Waals surface area contributed by atoms with Crippen LogP contribution in [0.25, 0.3) is 0 Å². The van der Waals surface area contributed by atoms with Gasteiger partial charge in [0.15, 0.2) is 0 Å². The SMILES string of the molecule is N[C@H]1c2ccccc2CC[C@H]1c1ccccc1. The molecule has 0 aliphatic heterocycles. The summed E-state index contributed by atoms with van der Waals surface area (Å²) in [7, 11) is 0. The van der Waals surface area contributed by atoms with Crippen LogP contribution in [0.3, 0.4) is 0 Å². The fraction of sp³-hybridized carbons (Fsp3) is 0.250. The van der Waals surface area contributed by atoms with Crippen LogP contribution in [0.4, 0.5) is 0 Å². The fourth-order valence-electron chi connectivity index (χ4n) is 2.87. The molecule has 2 atom stereocenters. The molecular weight excluding hydrogens is 206 g/mol. The molecule has 2 aromatic carbocycles. The minimum atomic E-state index is 0.141. The van der Waals surface area contributed by atoms with Gasteiger partial charge in [0.2, 0.25) is 0 Å². The summed E-state index contributed by atoms with van der Waals surface area (Å²) in [6, 6.07) is 19.4. The Morgan fingerprint density at radius 1 is 0.882 bits per heavy atom. The van der Waals surface area contributed by atoms with Crippen molar-refractivity contribution in [1.29, 1.82) is 0 Å². The highest BCUT2D eigenvalue weighted by Gasteiger charge is 2.27. The van der Waals surface area contributed by atoms with Gasteiger partial charge in [-0.3, -0.25) is 0 Å². The lowest BCUT2D eigenvalue weighted by atomic mass is 9.77. The molecule has 0 aromatic heterocycles. The summed E-state index contributed by atoms with van der Waals surface area (Å²) in [6.45, 7) is 0. The Morgan fingerprint density at radius 3 is 2.41 bits per heavy atom. The smallest absolute Gasteiger partial charge is 0.0367 e. The van der Waals surface area contributed by atoms with Gasteiger partial charge in [0.05, 0.1) is 0 Å². The maximum Gasteiger partial charge on any atom is 0.0367 e. The molecule has 0 radical (unpaired) electrons. The van der Waals surface area contributed by atoms with Crippen molar-refractivity contribution in [3.63, 3.8) is 0 Å². The molecule has 0 saturated heterocycles. The van der Waals surface area contributed by atoms with E-state index in [0.29, 0.717) is 5.92 Å². The molecule has 1 aliphatic rings. The van der Waals surface area contributed by atoms with Crippen LogP contribution in [0.1, 0.15) is 35.1 Å². The molecule has 0 bridgehead atoms. The maximum atomic E-state index is 6.42. The quantitative estimate of drug-likeness (QED) is 0.787. The minimum Gasteiger partial charge on any atom is -0.323 e. The topological polar surface area (TPSA) is 26.0 Å². The first kappa shape index (κ1) is 10.5. The summed E-state index contributed by atoms with van der Waals surface area (Å²) in [4.78, 5) is 0. The van der Waals surface area contributed by atoms with Crippen molar-refractivity contribution < 1.29 is 0 Å². The van der Waals surface area contributed by atoms with Gasteiger partial charge in [-0.15, -0.1) is 0 Å². The van der Waals surface area contributed by atoms with Crippen LogP contribution >= 0.6 is 0 Å². The summed E-state index contributed by atoms with van der Waals surface area (Å²) in [5.41, 5.74) is 10.5. The average Bonchev–Trinajstić information content (AvgIpc) is 2.40. The van der Waals surface area contributed by atoms with Gasteiger partial charge in [-0.1, -0.05) is 54.6 Å². The minimum absolute atomic E-state index is 0.141. The summed E-state index contributed by atoms with van der Waals surface area (Å²) in [6.07, 6.45) is 2.30. The van der Waals surface area contributed by atoms with Gasteiger partial charge >= 0.3 is 0 Å². The number of nitrogens with two attached hydrogens (primary N) is 1. The van der Waals surface area contributed by atoms with E-state index in [0.717, 1.165) is 12.8 Å². The van der Waals surface area contributed by atoms with Gasteiger partial charge in [0.25, 0.3) is 0 Å². The predicted octanol–water partition coefficient (Wildman–Crippen LogP) is 3.42. The van der Waals surface area contributed by atoms with Gasteiger partial charge in [0, 0.05) is 12.0 Å². The third kappa shape index (κ3) is 1.87. The molecule has 3 rings (SSSR count). The normalized spacial score (nSPS) is 23.1. The highest BCUT2D eigenvalue weighted by atomic mass is 14.7. The molecule has 1 nitrogen and oxygen atoms in total. The van der Waals surface area contributed by atoms with Crippen LogP contribution in [0, 0.1) is 0 Å². The van der Waals surface area contributed by atoms with E-state index < -0.39 is 0 Å². The van der Waals surface area contributed by atoms with Crippen LogP contribution in [0.2, 0.25) is 0 Å². The van der Waals surface area contributed by atoms with Gasteiger partial charge in [0.1, 0.15) is 0 Å². The van der Waals surface area contributed by atoms with Crippen LogP contribution in [0.5, 0.6) is 0 Å². The number of hydrogen-bond donors (Lipinski definition) is 1. The van der Waals surface area contributed by atoms with Crippen molar-refractivity contribution in [2.45, 2.75) is 24.8 Å². The van der Waals surface area contributed by atoms with Crippen molar-refractivity contribution in [2.75, 3.05) is 0 Å². The summed E-state index contributed by atoms with van der Waals surface area (Å²) in [5, 5.41) is 0. The van der Waals surface area contributed by atoms with Crippen molar-refractivity contribution in [3.05, 3.63) is 71.3 Å². The lowest BCUT2D eigenvalue weighted by Crippen LogP contribution is -2.25. The number of aryl methyl sites for hydroxylation is 1. The van der Waals surface area contributed by atoms with E-state index in [1.54, 1.807) is 0 Å². The Hall–Kier alpha value is -1.60. The first-order chi connectivity index (χ1) is 8.36. The number of benzene rings is 2. The zero-order valence-electron chi connectivity index (χ0n) is 9.84. The second kappa shape index (κ2) is 4.34. The molecule has 1 heteroatoms. The Bertz CT molecular complexity index is 504. The van der Waals surface area contributed by atoms with Crippen LogP contribution in [-0.2, 0) is 6.42 Å². The monoisotopic (exact) mass is 223 g/mol. The summed E-state index contributed by atoms with van der Waals surface area (Å²) < 4.78 is 0. The summed E-state index contributed by atoms with van der Waals surface area (Å²) >= 11 is 0. The molecule has 0 heterocycles. The third-order valence-electron chi connectivity index (χ3n) is 3.80. The average molecular weight is 223 g/mol. The number of hydrogen-bond acceptors (Lipinski definition) is 1. The van der Waals surface area contributed by atoms with Crippen molar-refractivity contribution >= 4 is 0 Å². The van der Waals surface area contributed by atoms with E-state index in [2.05, 4.69) is 54.6 Å². The standard InChI is InChI=1S/C16H17N/c17-16-14-9-5-4-8-13(14)10-11-15(16)12-6-2-1-3-7-12/h1-9,15-16H,10-11,17H2/t15-,16-/m0/s1. The Morgan fingerprint density at radius 2 is 1.59 bits per heavy atom. The van der Waals surface area contributed by atoms with E-state index in [1.807, 2.05) is 0 Å². The van der Waals surface area contributed by atoms with E-state index in [9.17, 15) is 0 Å². The Kier molecular flexibility index (Phi) is 2.69. The van der Waals surface area contributed by atoms with Crippen LogP contribution < -0.4 is 5.73 Å². The van der Waals surface area contributed by atoms with E-state index in [1.165, 1.54) is 16.7 Å². The molecule has 2 N–H and O–H groups in total. The largest absolute Gasteiger partial charge is 0.323 e. The highest BCUT2D eigenvalue weighted by molar-refractivity contribution is 5.37. The number of rotatable bonds is 1. The van der Waals surface area contributed by atoms with E-state index in [4.69, 9.17) is 5.73 Å². The van der Waals surface area contributed by atoms with Gasteiger partial charge < -0.3 is 5.73 Å². The zero-order valence-corrected chi connectivity index (χ0v) is 9.84. The molecule has 0 spiro atoms. The fourth-order valence-corrected chi connectivity index (χ4v) is 2.87. The first-order valence-electron chi connectivity index (χ1n) is 6.24. The second-order valence-electron chi connectivity index (χ2n) is 4.78. The second-order valence-corrected chi connectivity index (χ2v) is 4.78. The molecule has 0 unspecified atom stereocenters. The molecule has 1 aliphatic carbocycles. The van der Waals surface area contributed by atoms with Gasteiger partial charge in [-0.25, -0.2) is 0 Å². The van der Waals surface area contributed by atoms with Crippen LogP contribution in [0.15, 0.2) is 54.6 Å². The van der Waals surface area contributed by atoms with Crippen LogP contribution in [-0.4, -0.2) is 0 Å². The molecular formula is C16H17N. The molecule has 2 aromatic rings. The first-order valence-corrected chi connectivity index (χ1v) is 6.24. The number of fused-ring (bicyclic) bond motifs is 1. The lowest BCUT2D eigenvalue weighted by molar-refractivity contribution is 0.486. The maximum absolute atomic E-state index is 6.42. The molecule has 0 amide bonds. The van der Waals surface area contributed by atoms with Gasteiger partial charge in [-0.2, -0.15) is 0 Å². The third-order valence-corrected chi connectivity index (χ3v) is 3.80. The summed E-state index contributed by atoms with van der Waals surface area (Å²) in [5.74, 6) is 0.464. The molecule has 0 fully saturated rings. The van der Waals surface area contributed by atoms with Gasteiger partial charge in [-0.05, 0) is 29.5 Å².